The molecule has 1 saturated heterocycles. The maximum Gasteiger partial charge on any atom is 0.410 e. The SMILES string of the molecule is CSc1nccc(-c2cc(C(N)=O)n(C3CCN(C(=O)OC(C)(C)C)CC3)n2)n1. The van der Waals surface area contributed by atoms with Crippen LogP contribution in [-0.2, 0) is 4.74 Å². The van der Waals surface area contributed by atoms with Crippen LogP contribution in [0, 0.1) is 0 Å². The van der Waals surface area contributed by atoms with Gasteiger partial charge in [-0.1, -0.05) is 11.8 Å². The monoisotopic (exact) mass is 418 g/mol. The van der Waals surface area contributed by atoms with Gasteiger partial charge in [0.1, 0.15) is 17.0 Å². The van der Waals surface area contributed by atoms with E-state index in [1.54, 1.807) is 27.9 Å². The summed E-state index contributed by atoms with van der Waals surface area (Å²) in [5.74, 6) is -0.544. The molecular formula is C19H26N6O3S. The lowest BCUT2D eigenvalue weighted by Gasteiger charge is -2.33. The molecule has 0 bridgehead atoms. The number of aromatic nitrogens is 4. The lowest BCUT2D eigenvalue weighted by molar-refractivity contribution is 0.0183. The van der Waals surface area contributed by atoms with Crippen molar-refractivity contribution in [3.05, 3.63) is 24.0 Å². The molecule has 3 rings (SSSR count). The average molecular weight is 419 g/mol. The first-order chi connectivity index (χ1) is 13.7. The van der Waals surface area contributed by atoms with Gasteiger partial charge in [0.2, 0.25) is 0 Å². The molecule has 0 radical (unpaired) electrons. The second-order valence-electron chi connectivity index (χ2n) is 7.85. The van der Waals surface area contributed by atoms with Crippen LogP contribution in [0.3, 0.4) is 0 Å². The quantitative estimate of drug-likeness (QED) is 0.599. The number of likely N-dealkylation sites (tertiary alicyclic amines) is 1. The van der Waals surface area contributed by atoms with E-state index in [0.717, 1.165) is 0 Å². The Bertz CT molecular complexity index is 900. The first-order valence-corrected chi connectivity index (χ1v) is 10.6. The molecule has 1 aliphatic rings. The van der Waals surface area contributed by atoms with Crippen molar-refractivity contribution >= 4 is 23.8 Å². The number of thioether (sulfide) groups is 1. The van der Waals surface area contributed by atoms with E-state index in [2.05, 4.69) is 15.1 Å². The number of primary amides is 1. The highest BCUT2D eigenvalue weighted by atomic mass is 32.2. The molecule has 9 nitrogen and oxygen atoms in total. The molecule has 2 aromatic rings. The van der Waals surface area contributed by atoms with Gasteiger partial charge in [-0.25, -0.2) is 14.8 Å². The second kappa shape index (κ2) is 8.40. The third-order valence-corrected chi connectivity index (χ3v) is 5.09. The normalized spacial score (nSPS) is 15.4. The molecule has 0 saturated carbocycles. The molecule has 0 spiro atoms. The van der Waals surface area contributed by atoms with Crippen LogP contribution >= 0.6 is 11.8 Å². The number of nitrogens with zero attached hydrogens (tertiary/aromatic N) is 5. The van der Waals surface area contributed by atoms with E-state index in [1.807, 2.05) is 27.0 Å². The van der Waals surface area contributed by atoms with Gasteiger partial charge in [-0.05, 0) is 52.0 Å². The summed E-state index contributed by atoms with van der Waals surface area (Å²) >= 11 is 1.43. The van der Waals surface area contributed by atoms with Gasteiger partial charge in [-0.3, -0.25) is 9.48 Å². The number of hydrogen-bond donors (Lipinski definition) is 1. The number of carbonyl (C=O) groups excluding carboxylic acids is 2. The molecule has 10 heteroatoms. The summed E-state index contributed by atoms with van der Waals surface area (Å²) in [5.41, 5.74) is 6.61. The number of amides is 2. The van der Waals surface area contributed by atoms with Crippen LogP contribution in [0.2, 0.25) is 0 Å². The topological polar surface area (TPSA) is 116 Å². The molecule has 0 aliphatic carbocycles. The van der Waals surface area contributed by atoms with Gasteiger partial charge in [0, 0.05) is 19.3 Å². The van der Waals surface area contributed by atoms with Crippen molar-refractivity contribution in [3.8, 4) is 11.4 Å². The first kappa shape index (κ1) is 21.1. The predicted octanol–water partition coefficient (Wildman–Crippen LogP) is 2.73. The van der Waals surface area contributed by atoms with Crippen LogP contribution in [-0.4, -0.2) is 61.6 Å². The van der Waals surface area contributed by atoms with Crippen molar-refractivity contribution in [1.29, 1.82) is 0 Å². The Morgan fingerprint density at radius 3 is 2.52 bits per heavy atom. The number of nitrogens with two attached hydrogens (primary N) is 1. The maximum atomic E-state index is 12.3. The Labute approximate surface area is 174 Å². The fourth-order valence-corrected chi connectivity index (χ4v) is 3.54. The second-order valence-corrected chi connectivity index (χ2v) is 8.62. The molecule has 156 valence electrons. The van der Waals surface area contributed by atoms with Crippen molar-refractivity contribution in [2.24, 2.45) is 5.73 Å². The van der Waals surface area contributed by atoms with Crippen LogP contribution in [0.1, 0.15) is 50.1 Å². The van der Waals surface area contributed by atoms with Gasteiger partial charge >= 0.3 is 6.09 Å². The molecule has 29 heavy (non-hydrogen) atoms. The number of piperidine rings is 1. The van der Waals surface area contributed by atoms with Crippen molar-refractivity contribution in [2.45, 2.75) is 50.4 Å². The van der Waals surface area contributed by atoms with Crippen LogP contribution in [0.25, 0.3) is 11.4 Å². The minimum atomic E-state index is -0.544. The van der Waals surface area contributed by atoms with Gasteiger partial charge in [0.15, 0.2) is 5.16 Å². The number of ether oxygens (including phenoxy) is 1. The van der Waals surface area contributed by atoms with E-state index in [-0.39, 0.29) is 12.1 Å². The Kier molecular flexibility index (Phi) is 6.11. The molecule has 3 heterocycles. The minimum absolute atomic E-state index is 0.0354. The molecule has 0 unspecified atom stereocenters. The van der Waals surface area contributed by atoms with Gasteiger partial charge in [0.05, 0.1) is 11.7 Å². The molecule has 1 aliphatic heterocycles. The largest absolute Gasteiger partial charge is 0.444 e. The fourth-order valence-electron chi connectivity index (χ4n) is 3.18. The Morgan fingerprint density at radius 1 is 1.24 bits per heavy atom. The third kappa shape index (κ3) is 5.06. The standard InChI is InChI=1S/C19H26N6O3S/c1-19(2,3)28-18(27)24-9-6-12(7-10-24)25-15(16(20)26)11-14(23-25)13-5-8-21-17(22-13)29-4/h5,8,11-12H,6-7,9-10H2,1-4H3,(H2,20,26). The Balaban J connectivity index is 1.78. The summed E-state index contributed by atoms with van der Waals surface area (Å²) in [5, 5.41) is 5.24. The van der Waals surface area contributed by atoms with Crippen LogP contribution in [0.5, 0.6) is 0 Å². The fraction of sp³-hybridized carbons (Fsp3) is 0.526. The number of carbonyl (C=O) groups is 2. The summed E-state index contributed by atoms with van der Waals surface area (Å²) in [7, 11) is 0. The van der Waals surface area contributed by atoms with E-state index >= 15 is 0 Å². The Hall–Kier alpha value is -2.62. The zero-order valence-corrected chi connectivity index (χ0v) is 17.9. The van der Waals surface area contributed by atoms with Crippen molar-refractivity contribution in [3.63, 3.8) is 0 Å². The third-order valence-electron chi connectivity index (χ3n) is 4.53. The first-order valence-electron chi connectivity index (χ1n) is 9.42. The summed E-state index contributed by atoms with van der Waals surface area (Å²) < 4.78 is 7.11. The van der Waals surface area contributed by atoms with Crippen LogP contribution in [0.4, 0.5) is 4.79 Å². The lowest BCUT2D eigenvalue weighted by atomic mass is 10.1. The summed E-state index contributed by atoms with van der Waals surface area (Å²) in [6.07, 6.45) is 4.54. The highest BCUT2D eigenvalue weighted by molar-refractivity contribution is 7.98. The zero-order valence-electron chi connectivity index (χ0n) is 17.1. The minimum Gasteiger partial charge on any atom is -0.444 e. The van der Waals surface area contributed by atoms with Crippen LogP contribution in [0.15, 0.2) is 23.5 Å². The van der Waals surface area contributed by atoms with E-state index in [9.17, 15) is 9.59 Å². The van der Waals surface area contributed by atoms with Crippen molar-refractivity contribution < 1.29 is 14.3 Å². The molecule has 2 aromatic heterocycles. The Morgan fingerprint density at radius 2 is 1.93 bits per heavy atom. The van der Waals surface area contributed by atoms with Crippen molar-refractivity contribution in [1.82, 2.24) is 24.6 Å². The predicted molar refractivity (Wildman–Crippen MR) is 110 cm³/mol. The molecular weight excluding hydrogens is 392 g/mol. The summed E-state index contributed by atoms with van der Waals surface area (Å²) in [6.45, 7) is 6.58. The van der Waals surface area contributed by atoms with Gasteiger partial charge in [-0.2, -0.15) is 5.10 Å². The van der Waals surface area contributed by atoms with Crippen molar-refractivity contribution in [2.75, 3.05) is 19.3 Å². The molecule has 2 amide bonds. The van der Waals surface area contributed by atoms with E-state index in [4.69, 9.17) is 10.5 Å². The zero-order chi connectivity index (χ0) is 21.2. The van der Waals surface area contributed by atoms with Gasteiger partial charge < -0.3 is 15.4 Å². The van der Waals surface area contributed by atoms with Crippen LogP contribution < -0.4 is 5.73 Å². The summed E-state index contributed by atoms with van der Waals surface area (Å²) in [4.78, 5) is 34.6. The number of rotatable bonds is 4. The lowest BCUT2D eigenvalue weighted by Crippen LogP contribution is -2.42. The highest BCUT2D eigenvalue weighted by Crippen LogP contribution is 2.27. The molecule has 0 atom stereocenters. The maximum absolute atomic E-state index is 12.3. The van der Waals surface area contributed by atoms with Gasteiger partial charge in [0.25, 0.3) is 5.91 Å². The smallest absolute Gasteiger partial charge is 0.410 e. The molecule has 1 fully saturated rings. The average Bonchev–Trinajstić information content (AvgIpc) is 3.13. The van der Waals surface area contributed by atoms with E-state index in [0.29, 0.717) is 48.2 Å². The number of hydrogen-bond acceptors (Lipinski definition) is 7. The molecule has 2 N–H and O–H groups in total. The van der Waals surface area contributed by atoms with Gasteiger partial charge in [-0.15, -0.1) is 0 Å². The highest BCUT2D eigenvalue weighted by Gasteiger charge is 2.30. The van der Waals surface area contributed by atoms with E-state index in [1.165, 1.54) is 11.8 Å². The molecule has 0 aromatic carbocycles. The van der Waals surface area contributed by atoms with E-state index < -0.39 is 11.5 Å². The summed E-state index contributed by atoms with van der Waals surface area (Å²) in [6, 6.07) is 3.38.